The van der Waals surface area contributed by atoms with Crippen LogP contribution in [0.4, 0.5) is 0 Å². The van der Waals surface area contributed by atoms with Gasteiger partial charge in [0.25, 0.3) is 0 Å². The Balaban J connectivity index is 1.53. The SMILES string of the molecule is CS(=O)(=O)N[C@@H]1CN2CCCC[C@]2(C(=O)N2C[C@H]3COC[C@H]3C2)C1. The fourth-order valence-electron chi connectivity index (χ4n) is 5.19. The van der Waals surface area contributed by atoms with Crippen LogP contribution in [0.3, 0.4) is 0 Å². The molecule has 0 spiro atoms. The molecule has 0 aromatic carbocycles. The van der Waals surface area contributed by atoms with Crippen LogP contribution in [0.2, 0.25) is 0 Å². The van der Waals surface area contributed by atoms with E-state index in [-0.39, 0.29) is 11.9 Å². The Hall–Kier alpha value is -0.700. The molecule has 4 rings (SSSR count). The summed E-state index contributed by atoms with van der Waals surface area (Å²) in [7, 11) is -3.25. The molecule has 1 amide bonds. The Morgan fingerprint density at radius 1 is 1.17 bits per heavy atom. The number of nitrogens with one attached hydrogen (secondary N) is 1. The molecule has 0 aromatic rings. The standard InChI is InChI=1S/C16H27N3O4S/c1-24(21,22)17-14-6-16(4-2-3-5-19(16)9-14)15(20)18-7-12-10-23-11-13(12)8-18/h12-14,17H,2-11H2,1H3/t12-,13+,14-,16+/m0/s1. The van der Waals surface area contributed by atoms with Crippen molar-refractivity contribution in [2.24, 2.45) is 11.8 Å². The van der Waals surface area contributed by atoms with Crippen molar-refractivity contribution in [3.8, 4) is 0 Å². The number of rotatable bonds is 3. The number of ether oxygens (including phenoxy) is 1. The fourth-order valence-corrected chi connectivity index (χ4v) is 5.95. The lowest BCUT2D eigenvalue weighted by molar-refractivity contribution is -0.144. The molecule has 7 nitrogen and oxygen atoms in total. The number of fused-ring (bicyclic) bond motifs is 2. The highest BCUT2D eigenvalue weighted by Crippen LogP contribution is 2.41. The number of hydrogen-bond donors (Lipinski definition) is 1. The van der Waals surface area contributed by atoms with E-state index >= 15 is 0 Å². The maximum Gasteiger partial charge on any atom is 0.243 e. The summed E-state index contributed by atoms with van der Waals surface area (Å²) in [6, 6.07) is -0.160. The molecule has 0 aromatic heterocycles. The van der Waals surface area contributed by atoms with Crippen LogP contribution < -0.4 is 4.72 Å². The molecule has 0 saturated carbocycles. The van der Waals surface area contributed by atoms with Crippen molar-refractivity contribution in [1.82, 2.24) is 14.5 Å². The highest BCUT2D eigenvalue weighted by Gasteiger charge is 2.55. The molecule has 4 fully saturated rings. The molecule has 4 saturated heterocycles. The molecule has 0 radical (unpaired) electrons. The summed E-state index contributed by atoms with van der Waals surface area (Å²) in [6.45, 7) is 4.65. The topological polar surface area (TPSA) is 79.0 Å². The highest BCUT2D eigenvalue weighted by molar-refractivity contribution is 7.88. The zero-order chi connectivity index (χ0) is 16.9. The minimum atomic E-state index is -3.25. The first kappa shape index (κ1) is 16.8. The van der Waals surface area contributed by atoms with Gasteiger partial charge in [-0.05, 0) is 32.2 Å². The first-order valence-corrected chi connectivity index (χ1v) is 10.9. The van der Waals surface area contributed by atoms with Gasteiger partial charge >= 0.3 is 0 Å². The van der Waals surface area contributed by atoms with E-state index in [4.69, 9.17) is 4.74 Å². The number of piperidine rings is 1. The molecule has 4 atom stereocenters. The highest BCUT2D eigenvalue weighted by atomic mass is 32.2. The van der Waals surface area contributed by atoms with Crippen LogP contribution in [0, 0.1) is 11.8 Å². The van der Waals surface area contributed by atoms with Crippen LogP contribution in [-0.2, 0) is 19.6 Å². The van der Waals surface area contributed by atoms with Crippen LogP contribution in [0.1, 0.15) is 25.7 Å². The Labute approximate surface area is 143 Å². The Kier molecular flexibility index (Phi) is 4.14. The summed E-state index contributed by atoms with van der Waals surface area (Å²) in [4.78, 5) is 17.7. The van der Waals surface area contributed by atoms with Gasteiger partial charge in [0.2, 0.25) is 15.9 Å². The lowest BCUT2D eigenvalue weighted by Crippen LogP contribution is -2.58. The predicted molar refractivity (Wildman–Crippen MR) is 88.9 cm³/mol. The van der Waals surface area contributed by atoms with Crippen molar-refractivity contribution in [1.29, 1.82) is 0 Å². The quantitative estimate of drug-likeness (QED) is 0.746. The monoisotopic (exact) mass is 357 g/mol. The summed E-state index contributed by atoms with van der Waals surface area (Å²) in [5.74, 6) is 1.18. The number of hydrogen-bond acceptors (Lipinski definition) is 5. The number of sulfonamides is 1. The molecular formula is C16H27N3O4S. The zero-order valence-corrected chi connectivity index (χ0v) is 15.1. The van der Waals surface area contributed by atoms with Crippen LogP contribution in [0.5, 0.6) is 0 Å². The molecular weight excluding hydrogens is 330 g/mol. The molecule has 1 N–H and O–H groups in total. The summed E-state index contributed by atoms with van der Waals surface area (Å²) in [5, 5.41) is 0. The maximum atomic E-state index is 13.4. The average molecular weight is 357 g/mol. The van der Waals surface area contributed by atoms with Crippen LogP contribution in [0.25, 0.3) is 0 Å². The average Bonchev–Trinajstić information content (AvgIpc) is 3.16. The van der Waals surface area contributed by atoms with Gasteiger partial charge in [-0.25, -0.2) is 13.1 Å². The summed E-state index contributed by atoms with van der Waals surface area (Å²) >= 11 is 0. The van der Waals surface area contributed by atoms with Crippen molar-refractivity contribution >= 4 is 15.9 Å². The van der Waals surface area contributed by atoms with E-state index in [0.717, 1.165) is 52.1 Å². The fraction of sp³-hybridized carbons (Fsp3) is 0.938. The largest absolute Gasteiger partial charge is 0.381 e. The van der Waals surface area contributed by atoms with Gasteiger partial charge in [-0.3, -0.25) is 9.69 Å². The second-order valence-electron chi connectivity index (χ2n) is 7.99. The normalized spacial score (nSPS) is 39.9. The molecule has 0 unspecified atom stereocenters. The third-order valence-electron chi connectivity index (χ3n) is 6.20. The van der Waals surface area contributed by atoms with Gasteiger partial charge in [-0.2, -0.15) is 0 Å². The number of carbonyl (C=O) groups is 1. The first-order chi connectivity index (χ1) is 11.4. The van der Waals surface area contributed by atoms with E-state index in [0.29, 0.717) is 24.8 Å². The lowest BCUT2D eigenvalue weighted by Gasteiger charge is -2.43. The van der Waals surface area contributed by atoms with Gasteiger partial charge in [0.1, 0.15) is 5.54 Å². The van der Waals surface area contributed by atoms with Crippen molar-refractivity contribution in [2.75, 3.05) is 45.6 Å². The second-order valence-corrected chi connectivity index (χ2v) is 9.77. The van der Waals surface area contributed by atoms with Gasteiger partial charge < -0.3 is 9.64 Å². The molecule has 136 valence electrons. The Morgan fingerprint density at radius 3 is 2.54 bits per heavy atom. The van der Waals surface area contributed by atoms with E-state index in [9.17, 15) is 13.2 Å². The Bertz CT molecular complexity index is 613. The van der Waals surface area contributed by atoms with Crippen molar-refractivity contribution in [3.05, 3.63) is 0 Å². The van der Waals surface area contributed by atoms with Crippen molar-refractivity contribution in [2.45, 2.75) is 37.3 Å². The third-order valence-corrected chi connectivity index (χ3v) is 6.97. The van der Waals surface area contributed by atoms with E-state index < -0.39 is 15.6 Å². The van der Waals surface area contributed by atoms with E-state index in [2.05, 4.69) is 9.62 Å². The second kappa shape index (κ2) is 5.93. The smallest absolute Gasteiger partial charge is 0.243 e. The molecule has 0 bridgehead atoms. The lowest BCUT2D eigenvalue weighted by atomic mass is 9.84. The van der Waals surface area contributed by atoms with Crippen molar-refractivity contribution < 1.29 is 17.9 Å². The minimum Gasteiger partial charge on any atom is -0.381 e. The molecule has 4 aliphatic rings. The number of amides is 1. The minimum absolute atomic E-state index is 0.160. The van der Waals surface area contributed by atoms with Gasteiger partial charge in [-0.15, -0.1) is 0 Å². The Morgan fingerprint density at radius 2 is 1.88 bits per heavy atom. The maximum absolute atomic E-state index is 13.4. The predicted octanol–water partition coefficient (Wildman–Crippen LogP) is -0.363. The summed E-state index contributed by atoms with van der Waals surface area (Å²) in [5.41, 5.74) is -0.500. The van der Waals surface area contributed by atoms with Gasteiger partial charge in [0.15, 0.2) is 0 Å². The van der Waals surface area contributed by atoms with Crippen LogP contribution in [-0.4, -0.2) is 81.4 Å². The third kappa shape index (κ3) is 2.87. The molecule has 0 aliphatic carbocycles. The number of carbonyl (C=O) groups excluding carboxylic acids is 1. The zero-order valence-electron chi connectivity index (χ0n) is 14.2. The number of likely N-dealkylation sites (tertiary alicyclic amines) is 1. The molecule has 8 heteroatoms. The molecule has 4 aliphatic heterocycles. The van der Waals surface area contributed by atoms with Gasteiger partial charge in [0.05, 0.1) is 19.5 Å². The number of nitrogens with zero attached hydrogens (tertiary/aromatic N) is 2. The molecule has 4 heterocycles. The van der Waals surface area contributed by atoms with Gasteiger partial charge in [0, 0.05) is 37.5 Å². The summed E-state index contributed by atoms with van der Waals surface area (Å²) in [6.07, 6.45) is 4.76. The van der Waals surface area contributed by atoms with E-state index in [1.54, 1.807) is 0 Å². The first-order valence-electron chi connectivity index (χ1n) is 8.97. The van der Waals surface area contributed by atoms with Crippen LogP contribution in [0.15, 0.2) is 0 Å². The van der Waals surface area contributed by atoms with E-state index in [1.165, 1.54) is 6.26 Å². The van der Waals surface area contributed by atoms with E-state index in [1.807, 2.05) is 4.90 Å². The summed E-state index contributed by atoms with van der Waals surface area (Å²) < 4.78 is 31.5. The molecule has 24 heavy (non-hydrogen) atoms. The van der Waals surface area contributed by atoms with Crippen molar-refractivity contribution in [3.63, 3.8) is 0 Å². The van der Waals surface area contributed by atoms with Crippen LogP contribution >= 0.6 is 0 Å². The van der Waals surface area contributed by atoms with Gasteiger partial charge in [-0.1, -0.05) is 0 Å².